The Morgan fingerprint density at radius 2 is 1.79 bits per heavy atom. The second-order valence-electron chi connectivity index (χ2n) is 11.8. The van der Waals surface area contributed by atoms with Crippen LogP contribution in [0.1, 0.15) is 38.3 Å². The Balaban J connectivity index is 1.90. The molecule has 0 aliphatic carbocycles. The van der Waals surface area contributed by atoms with Gasteiger partial charge in [0.15, 0.2) is 0 Å². The van der Waals surface area contributed by atoms with Gasteiger partial charge in [0.05, 0.1) is 29.2 Å². The van der Waals surface area contributed by atoms with Gasteiger partial charge in [-0.15, -0.1) is 24.9 Å². The molecule has 3 aliphatic heterocycles. The number of fused-ring (bicyclic) bond motifs is 1. The molecule has 7 atom stereocenters. The summed E-state index contributed by atoms with van der Waals surface area (Å²) in [6.45, 7) is 18.1. The van der Waals surface area contributed by atoms with Crippen LogP contribution in [-0.4, -0.2) is 81.5 Å². The predicted octanol–water partition coefficient (Wildman–Crippen LogP) is 3.82. The summed E-state index contributed by atoms with van der Waals surface area (Å²) in [6, 6.07) is 4.59. The van der Waals surface area contributed by atoms with Crippen LogP contribution >= 0.6 is 11.8 Å². The molecule has 7 nitrogen and oxygen atoms in total. The number of aliphatic hydroxyl groups is 1. The van der Waals surface area contributed by atoms with Gasteiger partial charge in [-0.25, -0.2) is 0 Å². The quantitative estimate of drug-likeness (QED) is 0.446. The monoisotopic (exact) mass is 553 g/mol. The molecule has 1 N–H and O–H groups in total. The zero-order chi connectivity index (χ0) is 28.8. The lowest BCUT2D eigenvalue weighted by molar-refractivity contribution is -0.145. The second-order valence-corrected chi connectivity index (χ2v) is 13.3. The van der Waals surface area contributed by atoms with Gasteiger partial charge in [0.25, 0.3) is 5.91 Å². The van der Waals surface area contributed by atoms with E-state index >= 15 is 0 Å². The Morgan fingerprint density at radius 3 is 2.33 bits per heavy atom. The molecule has 3 unspecified atom stereocenters. The Hall–Kier alpha value is -2.58. The fourth-order valence-electron chi connectivity index (χ4n) is 7.34. The number of rotatable bonds is 10. The number of thioether (sulfide) groups is 1. The maximum Gasteiger partial charge on any atom is 0.251 e. The van der Waals surface area contributed by atoms with Crippen LogP contribution in [-0.2, 0) is 14.4 Å². The number of carbonyl (C=O) groups excluding carboxylic acids is 3. The van der Waals surface area contributed by atoms with E-state index in [-0.39, 0.29) is 41.4 Å². The van der Waals surface area contributed by atoms with Gasteiger partial charge in [-0.3, -0.25) is 14.4 Å². The minimum absolute atomic E-state index is 0.0363. The van der Waals surface area contributed by atoms with Crippen LogP contribution in [0, 0.1) is 37.5 Å². The fraction of sp³-hybridized carbons (Fsp3) is 0.581. The number of likely N-dealkylation sites (N-methyl/N-ethyl adjacent to an activating group) is 1. The molecule has 0 saturated carbocycles. The maximum absolute atomic E-state index is 14.9. The van der Waals surface area contributed by atoms with Crippen molar-refractivity contribution in [2.45, 2.75) is 63.1 Å². The van der Waals surface area contributed by atoms with Crippen LogP contribution in [0.4, 0.5) is 5.69 Å². The standard InChI is InChI=1S/C31H43N3O4S/c1-9-14-32(8)28(36)24-23-16-21(7)31(39-23)25(24)29(37)34(22(17-35)18(3)4)27(31)30(38)33(15-10-2)26-19(5)12-11-13-20(26)6/h9-13,18,21-25,27,35H,1-2,14-17H2,3-8H3/t21?,22-,23+,24-,25-,27?,31?/m0/s1. The third kappa shape index (κ3) is 4.44. The summed E-state index contributed by atoms with van der Waals surface area (Å²) in [7, 11) is 1.74. The van der Waals surface area contributed by atoms with Crippen molar-refractivity contribution in [3.05, 3.63) is 54.6 Å². The van der Waals surface area contributed by atoms with Crippen molar-refractivity contribution in [1.29, 1.82) is 0 Å². The number of aryl methyl sites for hydroxylation is 2. The van der Waals surface area contributed by atoms with E-state index in [1.54, 1.807) is 45.7 Å². The van der Waals surface area contributed by atoms with Gasteiger partial charge in [0.1, 0.15) is 6.04 Å². The van der Waals surface area contributed by atoms with Crippen molar-refractivity contribution in [3.63, 3.8) is 0 Å². The highest BCUT2D eigenvalue weighted by Crippen LogP contribution is 2.69. The van der Waals surface area contributed by atoms with E-state index in [1.165, 1.54) is 0 Å². The molecular weight excluding hydrogens is 510 g/mol. The first-order chi connectivity index (χ1) is 18.5. The van der Waals surface area contributed by atoms with Gasteiger partial charge < -0.3 is 19.8 Å². The normalized spacial score (nSPS) is 29.9. The van der Waals surface area contributed by atoms with Crippen molar-refractivity contribution in [2.75, 3.05) is 31.6 Å². The molecule has 212 valence electrons. The summed E-state index contributed by atoms with van der Waals surface area (Å²) >= 11 is 1.66. The second kappa shape index (κ2) is 11.1. The number of hydrogen-bond donors (Lipinski definition) is 1. The number of benzene rings is 1. The van der Waals surface area contributed by atoms with Crippen molar-refractivity contribution in [3.8, 4) is 0 Å². The molecule has 1 spiro atoms. The number of nitrogens with zero attached hydrogens (tertiary/aromatic N) is 3. The van der Waals surface area contributed by atoms with Crippen LogP contribution in [0.5, 0.6) is 0 Å². The number of anilines is 1. The summed E-state index contributed by atoms with van der Waals surface area (Å²) in [4.78, 5) is 48.2. The molecule has 0 aromatic heterocycles. The van der Waals surface area contributed by atoms with E-state index in [9.17, 15) is 19.5 Å². The third-order valence-corrected chi connectivity index (χ3v) is 11.2. The van der Waals surface area contributed by atoms with E-state index in [4.69, 9.17) is 0 Å². The summed E-state index contributed by atoms with van der Waals surface area (Å²) in [5.41, 5.74) is 2.75. The van der Waals surface area contributed by atoms with E-state index in [0.717, 1.165) is 23.2 Å². The molecule has 3 aliphatic rings. The lowest BCUT2D eigenvalue weighted by atomic mass is 9.65. The molecule has 2 bridgehead atoms. The van der Waals surface area contributed by atoms with Crippen molar-refractivity contribution in [2.24, 2.45) is 23.7 Å². The molecule has 4 rings (SSSR count). The Morgan fingerprint density at radius 1 is 1.18 bits per heavy atom. The summed E-state index contributed by atoms with van der Waals surface area (Å²) < 4.78 is -0.757. The molecule has 3 amide bonds. The molecule has 3 fully saturated rings. The zero-order valence-corrected chi connectivity index (χ0v) is 24.9. The van der Waals surface area contributed by atoms with E-state index < -0.39 is 28.7 Å². The number of para-hydroxylation sites is 1. The average Bonchev–Trinajstić information content (AvgIpc) is 3.47. The highest BCUT2D eigenvalue weighted by Gasteiger charge is 2.77. The molecule has 0 radical (unpaired) electrons. The highest BCUT2D eigenvalue weighted by atomic mass is 32.2. The topological polar surface area (TPSA) is 81.2 Å². The Bertz CT molecular complexity index is 1150. The number of carbonyl (C=O) groups is 3. The van der Waals surface area contributed by atoms with E-state index in [1.807, 2.05) is 45.9 Å². The molecule has 3 saturated heterocycles. The van der Waals surface area contributed by atoms with Crippen molar-refractivity contribution >= 4 is 35.2 Å². The lowest BCUT2D eigenvalue weighted by Crippen LogP contribution is -2.60. The van der Waals surface area contributed by atoms with Crippen LogP contribution in [0.15, 0.2) is 43.5 Å². The van der Waals surface area contributed by atoms with Crippen LogP contribution < -0.4 is 4.90 Å². The minimum Gasteiger partial charge on any atom is -0.394 e. The molecule has 39 heavy (non-hydrogen) atoms. The van der Waals surface area contributed by atoms with Crippen molar-refractivity contribution < 1.29 is 19.5 Å². The zero-order valence-electron chi connectivity index (χ0n) is 24.1. The van der Waals surface area contributed by atoms with Crippen LogP contribution in [0.2, 0.25) is 0 Å². The number of amides is 3. The van der Waals surface area contributed by atoms with Gasteiger partial charge in [0.2, 0.25) is 11.8 Å². The van der Waals surface area contributed by atoms with Crippen LogP contribution in [0.3, 0.4) is 0 Å². The van der Waals surface area contributed by atoms with Gasteiger partial charge >= 0.3 is 0 Å². The third-order valence-electron chi connectivity index (χ3n) is 9.08. The summed E-state index contributed by atoms with van der Waals surface area (Å²) in [5.74, 6) is -1.60. The Labute approximate surface area is 237 Å². The van der Waals surface area contributed by atoms with Crippen LogP contribution in [0.25, 0.3) is 0 Å². The first-order valence-electron chi connectivity index (χ1n) is 13.9. The lowest BCUT2D eigenvalue weighted by Gasteiger charge is -2.43. The molecular formula is C31H43N3O4S. The minimum atomic E-state index is -0.805. The summed E-state index contributed by atoms with van der Waals surface area (Å²) in [6.07, 6.45) is 4.16. The number of likely N-dealkylation sites (tertiary alicyclic amines) is 1. The maximum atomic E-state index is 14.9. The average molecular weight is 554 g/mol. The molecule has 1 aromatic carbocycles. The van der Waals surface area contributed by atoms with Crippen molar-refractivity contribution in [1.82, 2.24) is 9.80 Å². The highest BCUT2D eigenvalue weighted by molar-refractivity contribution is 8.02. The molecule has 1 aromatic rings. The largest absolute Gasteiger partial charge is 0.394 e. The first kappa shape index (κ1) is 29.4. The SMILES string of the molecule is C=CCN(C)C(=O)[C@@H]1[C@H]2C(=O)N([C@@H](CO)C(C)C)C(C(=O)N(CC=C)c3c(C)cccc3C)C23S[C@@H]1CC3C. The molecule has 8 heteroatoms. The van der Waals surface area contributed by atoms with E-state index in [0.29, 0.717) is 13.1 Å². The number of hydrogen-bond acceptors (Lipinski definition) is 5. The fourth-order valence-corrected chi connectivity index (χ4v) is 9.73. The molecule has 3 heterocycles. The summed E-state index contributed by atoms with van der Waals surface area (Å²) in [5, 5.41) is 10.5. The van der Waals surface area contributed by atoms with Gasteiger partial charge in [-0.1, -0.05) is 51.1 Å². The van der Waals surface area contributed by atoms with E-state index in [2.05, 4.69) is 20.1 Å². The number of aliphatic hydroxyl groups excluding tert-OH is 1. The Kier molecular flexibility index (Phi) is 8.39. The van der Waals surface area contributed by atoms with Gasteiger partial charge in [0, 0.05) is 31.1 Å². The predicted molar refractivity (Wildman–Crippen MR) is 158 cm³/mol. The van der Waals surface area contributed by atoms with Gasteiger partial charge in [-0.2, -0.15) is 0 Å². The smallest absolute Gasteiger partial charge is 0.251 e. The van der Waals surface area contributed by atoms with Gasteiger partial charge in [-0.05, 0) is 43.2 Å². The first-order valence-corrected chi connectivity index (χ1v) is 14.8.